The summed E-state index contributed by atoms with van der Waals surface area (Å²) < 4.78 is 14.3. The largest absolute Gasteiger partial charge is 0.397 e. The molecule has 0 aliphatic heterocycles. The molecule has 0 saturated carbocycles. The first-order valence-electron chi connectivity index (χ1n) is 11.6. The number of allylic oxidation sites excluding steroid dienone is 5. The quantitative estimate of drug-likeness (QED) is 0.143. The fourth-order valence-electron chi connectivity index (χ4n) is 3.51. The van der Waals surface area contributed by atoms with Crippen LogP contribution in [-0.4, -0.2) is 24.5 Å². The summed E-state index contributed by atoms with van der Waals surface area (Å²) in [5.74, 6) is 0.513. The maximum absolute atomic E-state index is 14.3. The molecule has 6 nitrogen and oxygen atoms in total. The predicted molar refractivity (Wildman–Crippen MR) is 155 cm³/mol. The molecule has 0 heterocycles. The molecule has 0 fully saturated rings. The van der Waals surface area contributed by atoms with Crippen LogP contribution in [0.15, 0.2) is 107 Å². The Hall–Kier alpha value is -4.28. The smallest absolute Gasteiger partial charge is 0.128 e. The van der Waals surface area contributed by atoms with E-state index in [0.717, 1.165) is 45.1 Å². The molecule has 0 unspecified atom stereocenters. The van der Waals surface area contributed by atoms with Crippen molar-refractivity contribution < 1.29 is 4.39 Å². The summed E-state index contributed by atoms with van der Waals surface area (Å²) in [4.78, 5) is 6.20. The number of hydrogen-bond acceptors (Lipinski definition) is 5. The van der Waals surface area contributed by atoms with E-state index in [2.05, 4.69) is 61.4 Å². The second-order valence-corrected chi connectivity index (χ2v) is 8.48. The van der Waals surface area contributed by atoms with Crippen LogP contribution in [0, 0.1) is 18.7 Å². The number of nitrogens with two attached hydrogens (primary N) is 2. The summed E-state index contributed by atoms with van der Waals surface area (Å²) in [6.07, 6.45) is 10.6. The molecule has 0 saturated heterocycles. The van der Waals surface area contributed by atoms with E-state index in [1.54, 1.807) is 6.07 Å². The standard InChI is InChI=1S/C28H37FN6.C2H2/c1-17(2)26(35(8)22(7)34-16-30)12-9-18(3)21(6)32-14-23-10-11-25(29)24(13-23)15-33-28-20(5)19(4)27(28)31;1-2/h10-13,32-33H,1,3-6,9,14-16,30-31H2,2,7-8H3;1-2H/b26-12-,34-22-;. The van der Waals surface area contributed by atoms with Gasteiger partial charge in [0.2, 0.25) is 0 Å². The van der Waals surface area contributed by atoms with E-state index in [4.69, 9.17) is 11.5 Å². The molecule has 6 N–H and O–H groups in total. The van der Waals surface area contributed by atoms with Gasteiger partial charge in [-0.25, -0.2) is 4.39 Å². The highest BCUT2D eigenvalue weighted by molar-refractivity contribution is 5.81. The van der Waals surface area contributed by atoms with Crippen molar-refractivity contribution >= 4 is 5.84 Å². The van der Waals surface area contributed by atoms with Gasteiger partial charge < -0.3 is 27.0 Å². The van der Waals surface area contributed by atoms with E-state index in [-0.39, 0.29) is 12.5 Å². The second kappa shape index (κ2) is 14.3. The third-order valence-electron chi connectivity index (χ3n) is 5.90. The Bertz CT molecular complexity index is 1200. The number of rotatable bonds is 12. The molecule has 37 heavy (non-hydrogen) atoms. The summed E-state index contributed by atoms with van der Waals surface area (Å²) in [6.45, 7) is 24.9. The molecule has 0 radical (unpaired) electrons. The molecule has 0 aromatic heterocycles. The molecule has 0 spiro atoms. The van der Waals surface area contributed by atoms with Crippen molar-refractivity contribution in [3.8, 4) is 12.8 Å². The number of benzene rings is 1. The molecule has 0 bridgehead atoms. The topological polar surface area (TPSA) is 91.7 Å². The highest BCUT2D eigenvalue weighted by atomic mass is 19.1. The average molecular weight is 503 g/mol. The molecule has 2 rings (SSSR count). The first kappa shape index (κ1) is 30.8. The molecule has 7 heteroatoms. The minimum Gasteiger partial charge on any atom is -0.397 e. The van der Waals surface area contributed by atoms with E-state index < -0.39 is 0 Å². The van der Waals surface area contributed by atoms with Crippen LogP contribution in [0.3, 0.4) is 0 Å². The highest BCUT2D eigenvalue weighted by Gasteiger charge is 2.23. The third kappa shape index (κ3) is 8.13. The van der Waals surface area contributed by atoms with Gasteiger partial charge >= 0.3 is 0 Å². The van der Waals surface area contributed by atoms with Gasteiger partial charge in [-0.15, -0.1) is 12.8 Å². The van der Waals surface area contributed by atoms with Crippen molar-refractivity contribution in [3.05, 3.63) is 119 Å². The van der Waals surface area contributed by atoms with E-state index in [0.29, 0.717) is 36.5 Å². The lowest BCUT2D eigenvalue weighted by Crippen LogP contribution is -2.28. The first-order valence-corrected chi connectivity index (χ1v) is 11.6. The van der Waals surface area contributed by atoms with Crippen LogP contribution in [0.4, 0.5) is 4.39 Å². The van der Waals surface area contributed by atoms with E-state index in [1.807, 2.05) is 37.9 Å². The molecule has 0 atom stereocenters. The van der Waals surface area contributed by atoms with Crippen LogP contribution in [0.2, 0.25) is 0 Å². The van der Waals surface area contributed by atoms with Gasteiger partial charge in [-0.05, 0) is 49.1 Å². The Morgan fingerprint density at radius 1 is 1.14 bits per heavy atom. The second-order valence-electron chi connectivity index (χ2n) is 8.48. The number of hydrogen-bond donors (Lipinski definition) is 4. The first-order chi connectivity index (χ1) is 17.5. The molecule has 0 amide bonds. The molecule has 1 aliphatic rings. The van der Waals surface area contributed by atoms with Gasteiger partial charge in [0.15, 0.2) is 0 Å². The van der Waals surface area contributed by atoms with Gasteiger partial charge in [0, 0.05) is 48.2 Å². The number of likely N-dealkylation sites (N-methyl/N-ethyl adjacent to an activating group) is 1. The van der Waals surface area contributed by atoms with E-state index in [9.17, 15) is 4.39 Å². The lowest BCUT2D eigenvalue weighted by molar-refractivity contribution is 0.598. The number of aliphatic imine (C=N–C) groups is 1. The predicted octanol–water partition coefficient (Wildman–Crippen LogP) is 4.74. The minimum absolute atomic E-state index is 0.227. The zero-order chi connectivity index (χ0) is 28.3. The maximum atomic E-state index is 14.3. The van der Waals surface area contributed by atoms with Gasteiger partial charge in [0.05, 0.1) is 18.1 Å². The molecule has 196 valence electrons. The zero-order valence-corrected chi connectivity index (χ0v) is 22.3. The summed E-state index contributed by atoms with van der Waals surface area (Å²) in [7, 11) is 1.92. The van der Waals surface area contributed by atoms with Gasteiger partial charge in [0.1, 0.15) is 11.7 Å². The van der Waals surface area contributed by atoms with Crippen molar-refractivity contribution in [3.63, 3.8) is 0 Å². The third-order valence-corrected chi connectivity index (χ3v) is 5.90. The van der Waals surface area contributed by atoms with E-state index in [1.165, 1.54) is 6.07 Å². The van der Waals surface area contributed by atoms with Crippen molar-refractivity contribution in [1.29, 1.82) is 0 Å². The average Bonchev–Trinajstić information content (AvgIpc) is 2.89. The highest BCUT2D eigenvalue weighted by Crippen LogP contribution is 2.32. The summed E-state index contributed by atoms with van der Waals surface area (Å²) in [5.41, 5.74) is 19.1. The number of terminal acetylenes is 1. The Labute approximate surface area is 221 Å². The van der Waals surface area contributed by atoms with Crippen LogP contribution in [-0.2, 0) is 13.1 Å². The van der Waals surface area contributed by atoms with Crippen LogP contribution >= 0.6 is 0 Å². The Kier molecular flexibility index (Phi) is 11.9. The molecular weight excluding hydrogens is 463 g/mol. The van der Waals surface area contributed by atoms with Crippen LogP contribution < -0.4 is 22.1 Å². The Balaban J connectivity index is 0.00000334. The number of halogens is 1. The lowest BCUT2D eigenvalue weighted by Gasteiger charge is -2.27. The summed E-state index contributed by atoms with van der Waals surface area (Å²) in [6, 6.07) is 5.01. The zero-order valence-electron chi connectivity index (χ0n) is 22.3. The van der Waals surface area contributed by atoms with E-state index >= 15 is 0 Å². The van der Waals surface area contributed by atoms with Gasteiger partial charge in [-0.3, -0.25) is 4.99 Å². The van der Waals surface area contributed by atoms with Gasteiger partial charge in [-0.1, -0.05) is 45.0 Å². The van der Waals surface area contributed by atoms with Crippen LogP contribution in [0.1, 0.15) is 31.4 Å². The monoisotopic (exact) mass is 502 g/mol. The Morgan fingerprint density at radius 3 is 2.35 bits per heavy atom. The number of amidine groups is 1. The lowest BCUT2D eigenvalue weighted by atomic mass is 9.90. The maximum Gasteiger partial charge on any atom is 0.128 e. The molecule has 1 aliphatic carbocycles. The normalized spacial score (nSPS) is 13.3. The van der Waals surface area contributed by atoms with Crippen LogP contribution in [0.5, 0.6) is 0 Å². The fraction of sp³-hybridized carbons (Fsp3) is 0.233. The van der Waals surface area contributed by atoms with Crippen molar-refractivity contribution in [1.82, 2.24) is 15.5 Å². The van der Waals surface area contributed by atoms with Gasteiger partial charge in [0.25, 0.3) is 0 Å². The molecule has 1 aromatic carbocycles. The van der Waals surface area contributed by atoms with Crippen LogP contribution in [0.25, 0.3) is 0 Å². The number of nitrogens with zero attached hydrogens (tertiary/aromatic N) is 2. The summed E-state index contributed by atoms with van der Waals surface area (Å²) >= 11 is 0. The minimum atomic E-state index is -0.289. The van der Waals surface area contributed by atoms with Crippen molar-refractivity contribution in [2.75, 3.05) is 13.7 Å². The van der Waals surface area contributed by atoms with Gasteiger partial charge in [-0.2, -0.15) is 0 Å². The number of nitrogens with one attached hydrogen (secondary N) is 2. The summed E-state index contributed by atoms with van der Waals surface area (Å²) in [5, 5.41) is 6.43. The van der Waals surface area contributed by atoms with Crippen molar-refractivity contribution in [2.45, 2.75) is 33.4 Å². The Morgan fingerprint density at radius 2 is 1.78 bits per heavy atom. The molecule has 1 aromatic rings. The molecular formula is C30H39FN6. The van der Waals surface area contributed by atoms with Crippen molar-refractivity contribution in [2.24, 2.45) is 16.5 Å². The fourth-order valence-corrected chi connectivity index (χ4v) is 3.51. The SMILES string of the molecule is C#C.C=C(C/C=C(/C(=C)C)N(C)/C(C)=N\CN)C(=C)NCc1ccc(F)c(CNC2=C(N)C(=C)C2=C)c1.